The smallest absolute Gasteiger partial charge is 0.288 e. The van der Waals surface area contributed by atoms with Gasteiger partial charge in [0.1, 0.15) is 5.02 Å². The fourth-order valence-corrected chi connectivity index (χ4v) is 2.55. The largest absolute Gasteiger partial charge is 0.394 e. The molecule has 1 amide bonds. The van der Waals surface area contributed by atoms with Gasteiger partial charge in [0.2, 0.25) is 0 Å². The number of amides is 1. The Labute approximate surface area is 114 Å². The van der Waals surface area contributed by atoms with Crippen LogP contribution in [0.15, 0.2) is 18.2 Å². The molecule has 0 unspecified atom stereocenters. The average molecular weight is 285 g/mol. The summed E-state index contributed by atoms with van der Waals surface area (Å²) in [5.41, 5.74) is -0.177. The Morgan fingerprint density at radius 2 is 2.32 bits per heavy atom. The van der Waals surface area contributed by atoms with Crippen molar-refractivity contribution >= 4 is 23.2 Å². The minimum atomic E-state index is -0.618. The normalized spacial score (nSPS) is 18.6. The molecule has 102 valence electrons. The van der Waals surface area contributed by atoms with Crippen molar-refractivity contribution in [2.24, 2.45) is 0 Å². The van der Waals surface area contributed by atoms with E-state index in [4.69, 9.17) is 11.6 Å². The molecule has 0 spiro atoms. The van der Waals surface area contributed by atoms with Crippen molar-refractivity contribution in [3.8, 4) is 0 Å². The number of nitrogens with zero attached hydrogens (tertiary/aromatic N) is 2. The maximum atomic E-state index is 12.3. The molecule has 1 aliphatic rings. The minimum absolute atomic E-state index is 0.108. The lowest BCUT2D eigenvalue weighted by atomic mass is 10.1. The van der Waals surface area contributed by atoms with Crippen LogP contribution in [0.5, 0.6) is 0 Å². The highest BCUT2D eigenvalue weighted by Gasteiger charge is 2.31. The van der Waals surface area contributed by atoms with Gasteiger partial charge >= 0.3 is 0 Å². The molecule has 1 aromatic rings. The van der Waals surface area contributed by atoms with Gasteiger partial charge in [0.25, 0.3) is 11.6 Å². The monoisotopic (exact) mass is 284 g/mol. The van der Waals surface area contributed by atoms with Gasteiger partial charge < -0.3 is 10.0 Å². The third-order valence-corrected chi connectivity index (χ3v) is 3.65. The van der Waals surface area contributed by atoms with E-state index in [1.54, 1.807) is 0 Å². The number of hydrogen-bond acceptors (Lipinski definition) is 4. The van der Waals surface area contributed by atoms with Crippen LogP contribution in [0.4, 0.5) is 5.69 Å². The van der Waals surface area contributed by atoms with E-state index in [-0.39, 0.29) is 34.8 Å². The van der Waals surface area contributed by atoms with Crippen molar-refractivity contribution in [1.82, 2.24) is 4.90 Å². The van der Waals surface area contributed by atoms with Crippen LogP contribution in [0.3, 0.4) is 0 Å². The highest BCUT2D eigenvalue weighted by Crippen LogP contribution is 2.30. The molecule has 0 saturated carbocycles. The van der Waals surface area contributed by atoms with Gasteiger partial charge in [-0.1, -0.05) is 17.7 Å². The zero-order valence-corrected chi connectivity index (χ0v) is 10.8. The maximum Gasteiger partial charge on any atom is 0.288 e. The van der Waals surface area contributed by atoms with E-state index in [0.717, 1.165) is 12.8 Å². The van der Waals surface area contributed by atoms with Gasteiger partial charge in [-0.2, -0.15) is 0 Å². The number of carbonyl (C=O) groups is 1. The SMILES string of the molecule is O=C(c1cccc([N+](=O)[O-])c1Cl)N1CCC[C@H]1CO. The minimum Gasteiger partial charge on any atom is -0.394 e. The third kappa shape index (κ3) is 2.54. The standard InChI is InChI=1S/C12H13ClN2O4/c13-11-9(4-1-5-10(11)15(18)19)12(17)14-6-2-3-8(14)7-16/h1,4-5,8,16H,2-3,6-7H2/t8-/m0/s1. The predicted octanol–water partition coefficient (Wildman–Crippen LogP) is 1.85. The van der Waals surface area contributed by atoms with E-state index in [0.29, 0.717) is 6.54 Å². The Kier molecular flexibility index (Phi) is 4.01. The number of nitro groups is 1. The van der Waals surface area contributed by atoms with Gasteiger partial charge in [-0.25, -0.2) is 0 Å². The zero-order chi connectivity index (χ0) is 14.0. The first-order chi connectivity index (χ1) is 9.06. The summed E-state index contributed by atoms with van der Waals surface area (Å²) in [5.74, 6) is -0.370. The lowest BCUT2D eigenvalue weighted by Gasteiger charge is -2.23. The fourth-order valence-electron chi connectivity index (χ4n) is 2.27. The van der Waals surface area contributed by atoms with Crippen LogP contribution in [0.1, 0.15) is 23.2 Å². The molecule has 1 fully saturated rings. The summed E-state index contributed by atoms with van der Waals surface area (Å²) < 4.78 is 0. The quantitative estimate of drug-likeness (QED) is 0.678. The second kappa shape index (κ2) is 5.54. The van der Waals surface area contributed by atoms with Crippen molar-refractivity contribution in [3.05, 3.63) is 38.9 Å². The molecule has 0 radical (unpaired) electrons. The van der Waals surface area contributed by atoms with Crippen LogP contribution in [0.25, 0.3) is 0 Å². The molecular weight excluding hydrogens is 272 g/mol. The molecule has 1 atom stereocenters. The van der Waals surface area contributed by atoms with Crippen LogP contribution in [0.2, 0.25) is 5.02 Å². The van der Waals surface area contributed by atoms with Crippen molar-refractivity contribution in [2.45, 2.75) is 18.9 Å². The number of hydrogen-bond donors (Lipinski definition) is 1. The van der Waals surface area contributed by atoms with E-state index in [9.17, 15) is 20.0 Å². The van der Waals surface area contributed by atoms with Crippen molar-refractivity contribution in [2.75, 3.05) is 13.2 Å². The van der Waals surface area contributed by atoms with Crippen LogP contribution in [0, 0.1) is 10.1 Å². The van der Waals surface area contributed by atoms with E-state index < -0.39 is 4.92 Å². The molecule has 0 aromatic heterocycles. The molecule has 1 saturated heterocycles. The topological polar surface area (TPSA) is 83.7 Å². The van der Waals surface area contributed by atoms with Crippen LogP contribution >= 0.6 is 11.6 Å². The molecule has 2 rings (SSSR count). The van der Waals surface area contributed by atoms with Gasteiger partial charge in [0.15, 0.2) is 0 Å². The molecule has 7 heteroatoms. The summed E-state index contributed by atoms with van der Waals surface area (Å²) in [4.78, 5) is 24.0. The van der Waals surface area contributed by atoms with Gasteiger partial charge in [-0.3, -0.25) is 14.9 Å². The summed E-state index contributed by atoms with van der Waals surface area (Å²) in [6.07, 6.45) is 1.54. The zero-order valence-electron chi connectivity index (χ0n) is 10.1. The molecule has 1 aromatic carbocycles. The molecule has 0 aliphatic carbocycles. The summed E-state index contributed by atoms with van der Waals surface area (Å²) in [7, 11) is 0. The fraction of sp³-hybridized carbons (Fsp3) is 0.417. The van der Waals surface area contributed by atoms with E-state index in [1.165, 1.54) is 23.1 Å². The number of aliphatic hydroxyl groups excluding tert-OH is 1. The Morgan fingerprint density at radius 1 is 1.58 bits per heavy atom. The van der Waals surface area contributed by atoms with E-state index >= 15 is 0 Å². The maximum absolute atomic E-state index is 12.3. The number of rotatable bonds is 3. The predicted molar refractivity (Wildman–Crippen MR) is 69.3 cm³/mol. The third-order valence-electron chi connectivity index (χ3n) is 3.25. The average Bonchev–Trinajstić information content (AvgIpc) is 2.86. The van der Waals surface area contributed by atoms with Crippen molar-refractivity contribution < 1.29 is 14.8 Å². The molecule has 19 heavy (non-hydrogen) atoms. The molecule has 1 heterocycles. The molecule has 1 N–H and O–H groups in total. The second-order valence-electron chi connectivity index (χ2n) is 4.37. The molecule has 6 nitrogen and oxygen atoms in total. The van der Waals surface area contributed by atoms with Crippen LogP contribution in [-0.2, 0) is 0 Å². The van der Waals surface area contributed by atoms with Gasteiger partial charge in [-0.15, -0.1) is 0 Å². The van der Waals surface area contributed by atoms with E-state index in [1.807, 2.05) is 0 Å². The molecular formula is C12H13ClN2O4. The number of halogens is 1. The first kappa shape index (κ1) is 13.8. The van der Waals surface area contributed by atoms with Crippen LogP contribution in [-0.4, -0.2) is 40.0 Å². The van der Waals surface area contributed by atoms with E-state index in [2.05, 4.69) is 0 Å². The summed E-state index contributed by atoms with van der Waals surface area (Å²) >= 11 is 5.92. The lowest BCUT2D eigenvalue weighted by Crippen LogP contribution is -2.37. The van der Waals surface area contributed by atoms with Crippen LogP contribution < -0.4 is 0 Å². The van der Waals surface area contributed by atoms with Crippen molar-refractivity contribution in [3.63, 3.8) is 0 Å². The van der Waals surface area contributed by atoms with Gasteiger partial charge in [0.05, 0.1) is 23.1 Å². The molecule has 1 aliphatic heterocycles. The first-order valence-corrected chi connectivity index (χ1v) is 6.28. The second-order valence-corrected chi connectivity index (χ2v) is 4.75. The van der Waals surface area contributed by atoms with Gasteiger partial charge in [0, 0.05) is 12.6 Å². The Morgan fingerprint density at radius 3 is 2.95 bits per heavy atom. The van der Waals surface area contributed by atoms with Gasteiger partial charge in [-0.05, 0) is 18.9 Å². The Hall–Kier alpha value is -1.66. The number of carbonyl (C=O) groups excluding carboxylic acids is 1. The number of likely N-dealkylation sites (tertiary alicyclic amines) is 1. The van der Waals surface area contributed by atoms with Crippen molar-refractivity contribution in [1.29, 1.82) is 0 Å². The number of nitro benzene ring substituents is 1. The highest BCUT2D eigenvalue weighted by atomic mass is 35.5. The lowest BCUT2D eigenvalue weighted by molar-refractivity contribution is -0.384. The summed E-state index contributed by atoms with van der Waals surface area (Å²) in [6.45, 7) is 0.418. The highest BCUT2D eigenvalue weighted by molar-refractivity contribution is 6.35. The first-order valence-electron chi connectivity index (χ1n) is 5.91. The Bertz CT molecular complexity index is 520. The molecule has 0 bridgehead atoms. The summed E-state index contributed by atoms with van der Waals surface area (Å²) in [6, 6.07) is 3.92. The number of benzene rings is 1. The number of aliphatic hydroxyl groups is 1. The Balaban J connectivity index is 2.34. The summed E-state index contributed by atoms with van der Waals surface area (Å²) in [5, 5.41) is 19.9.